The van der Waals surface area contributed by atoms with Crippen molar-refractivity contribution in [2.24, 2.45) is 11.7 Å². The minimum absolute atomic E-state index is 0.0123. The zero-order valence-electron chi connectivity index (χ0n) is 37.5. The smallest absolute Gasteiger partial charge is 0.326 e. The number of carboxylic acids is 3. The van der Waals surface area contributed by atoms with Gasteiger partial charge >= 0.3 is 17.9 Å². The number of likely N-dealkylation sites (tertiary alicyclic amines) is 1. The van der Waals surface area contributed by atoms with Crippen LogP contribution in [0.5, 0.6) is 0 Å². The number of carbonyl (C=O) groups excluding carboxylic acids is 8. The monoisotopic (exact) mass is 979 g/mol. The van der Waals surface area contributed by atoms with Crippen molar-refractivity contribution in [3.63, 3.8) is 0 Å². The van der Waals surface area contributed by atoms with E-state index < -0.39 is 152 Å². The number of nitrogens with zero attached hydrogens (tertiary/aromatic N) is 1. The Balaban J connectivity index is 3.15. The summed E-state index contributed by atoms with van der Waals surface area (Å²) in [5.74, 6) is -11.2. The first-order valence-electron chi connectivity index (χ1n) is 21.1. The standard InChI is InChI=1S/C39H65N9O16S2/c1-19(2)15-26(39(63)64)46-34(58)23(11-14-66-5)43-35(59)25(16-30(53)54)45-31(55)20(3)41-36(60)27(18-50)47-37(61)28-7-6-12-48(28)38(62)24(8-9-29(51)52)44-33(57)22(10-13-65-4)42-32(56)21(40)17-49/h19-28,49-50H,6-18,40H2,1-5H3,(H,41,60)(H,42,56)(H,43,59)(H,44,57)(H,45,55)(H,46,58)(H,47,61)(H,51,52)(H,53,54)(H,63,64)/t20-,21-,22-,23-,24-,25-,26-,27-,28-/m0/s1. The van der Waals surface area contributed by atoms with E-state index in [0.29, 0.717) is 11.5 Å². The van der Waals surface area contributed by atoms with Crippen molar-refractivity contribution in [3.05, 3.63) is 0 Å². The van der Waals surface area contributed by atoms with Gasteiger partial charge in [-0.15, -0.1) is 0 Å². The van der Waals surface area contributed by atoms with Gasteiger partial charge in [-0.2, -0.15) is 23.5 Å². The molecule has 1 aliphatic heterocycles. The maximum atomic E-state index is 13.9. The zero-order chi connectivity index (χ0) is 50.3. The van der Waals surface area contributed by atoms with Crippen LogP contribution in [0.3, 0.4) is 0 Å². The van der Waals surface area contributed by atoms with Crippen molar-refractivity contribution < 1.29 is 78.3 Å². The predicted octanol–water partition coefficient (Wildman–Crippen LogP) is -4.32. The van der Waals surface area contributed by atoms with E-state index >= 15 is 0 Å². The number of amides is 8. The maximum Gasteiger partial charge on any atom is 0.326 e. The number of aliphatic carboxylic acids is 3. The van der Waals surface area contributed by atoms with Crippen LogP contribution in [0.4, 0.5) is 0 Å². The molecule has 0 aromatic rings. The second kappa shape index (κ2) is 30.1. The minimum Gasteiger partial charge on any atom is -0.481 e. The lowest BCUT2D eigenvalue weighted by molar-refractivity contribution is -0.144. The Hall–Kier alpha value is -5.25. The molecule has 25 nitrogen and oxygen atoms in total. The van der Waals surface area contributed by atoms with Crippen LogP contribution in [0.25, 0.3) is 0 Å². The second-order valence-electron chi connectivity index (χ2n) is 15.8. The molecule has 0 aromatic heterocycles. The predicted molar refractivity (Wildman–Crippen MR) is 238 cm³/mol. The molecule has 0 aliphatic carbocycles. The van der Waals surface area contributed by atoms with E-state index in [1.807, 2.05) is 0 Å². The average molecular weight is 980 g/mol. The molecule has 0 aromatic carbocycles. The highest BCUT2D eigenvalue weighted by Crippen LogP contribution is 2.20. The summed E-state index contributed by atoms with van der Waals surface area (Å²) in [7, 11) is 0. The van der Waals surface area contributed by atoms with E-state index in [1.165, 1.54) is 23.5 Å². The lowest BCUT2D eigenvalue weighted by Gasteiger charge is -2.30. The molecule has 66 heavy (non-hydrogen) atoms. The van der Waals surface area contributed by atoms with E-state index in [1.54, 1.807) is 26.4 Å². The molecule has 27 heteroatoms. The average Bonchev–Trinajstić information content (AvgIpc) is 3.75. The van der Waals surface area contributed by atoms with E-state index in [4.69, 9.17) is 5.73 Å². The first-order chi connectivity index (χ1) is 31.0. The fourth-order valence-corrected chi connectivity index (χ4v) is 7.37. The summed E-state index contributed by atoms with van der Waals surface area (Å²) in [4.78, 5) is 142. The second-order valence-corrected chi connectivity index (χ2v) is 17.8. The van der Waals surface area contributed by atoms with Crippen molar-refractivity contribution in [2.75, 3.05) is 43.8 Å². The number of nitrogens with two attached hydrogens (primary N) is 1. The Morgan fingerprint density at radius 1 is 0.606 bits per heavy atom. The summed E-state index contributed by atoms with van der Waals surface area (Å²) < 4.78 is 0. The molecule has 1 rings (SSSR count). The van der Waals surface area contributed by atoms with E-state index in [-0.39, 0.29) is 44.6 Å². The van der Waals surface area contributed by atoms with Crippen LogP contribution < -0.4 is 43.0 Å². The number of nitrogens with one attached hydrogen (secondary N) is 7. The van der Waals surface area contributed by atoms with Gasteiger partial charge in [-0.1, -0.05) is 13.8 Å². The highest BCUT2D eigenvalue weighted by atomic mass is 32.2. The first-order valence-corrected chi connectivity index (χ1v) is 23.8. The molecule has 0 bridgehead atoms. The van der Waals surface area contributed by atoms with Gasteiger partial charge in [-0.25, -0.2) is 4.79 Å². The maximum absolute atomic E-state index is 13.9. The molecule has 9 atom stereocenters. The minimum atomic E-state index is -1.79. The molecule has 0 unspecified atom stereocenters. The van der Waals surface area contributed by atoms with Crippen LogP contribution in [-0.2, 0) is 52.7 Å². The number of hydrogen-bond acceptors (Lipinski definition) is 16. The number of carboxylic acid groups (broad SMARTS) is 3. The lowest BCUT2D eigenvalue weighted by Crippen LogP contribution is -2.60. The van der Waals surface area contributed by atoms with Crippen molar-refractivity contribution in [1.82, 2.24) is 42.1 Å². The molecule has 0 radical (unpaired) electrons. The summed E-state index contributed by atoms with van der Waals surface area (Å²) >= 11 is 2.65. The Morgan fingerprint density at radius 3 is 1.59 bits per heavy atom. The van der Waals surface area contributed by atoms with Gasteiger partial charge in [0.15, 0.2) is 0 Å². The Morgan fingerprint density at radius 2 is 1.11 bits per heavy atom. The molecular formula is C39H65N9O16S2. The highest BCUT2D eigenvalue weighted by molar-refractivity contribution is 7.98. The van der Waals surface area contributed by atoms with Gasteiger partial charge in [-0.05, 0) is 75.4 Å². The third-order valence-corrected chi connectivity index (χ3v) is 11.3. The third kappa shape index (κ3) is 20.5. The Bertz CT molecular complexity index is 1730. The molecule has 8 amide bonds. The number of thioether (sulfide) groups is 2. The molecule has 1 heterocycles. The van der Waals surface area contributed by atoms with Crippen molar-refractivity contribution >= 4 is 88.7 Å². The molecule has 0 spiro atoms. The summed E-state index contributed by atoms with van der Waals surface area (Å²) in [6.45, 7) is 2.88. The van der Waals surface area contributed by atoms with Gasteiger partial charge in [0.05, 0.1) is 19.6 Å². The SMILES string of the molecule is CSCC[C@H](NC(=O)[C@H](CC(=O)O)NC(=O)[C@H](C)NC(=O)[C@H](CO)NC(=O)[C@@H]1CCCN1C(=O)[C@H](CCC(=O)O)NC(=O)[C@H](CCSC)NC(=O)[C@@H](N)CO)C(=O)N[C@@H](CC(C)C)C(=O)O. The van der Waals surface area contributed by atoms with E-state index in [0.717, 1.165) is 11.8 Å². The molecule has 1 fully saturated rings. The number of hydrogen-bond donors (Lipinski definition) is 13. The highest BCUT2D eigenvalue weighted by Gasteiger charge is 2.40. The first kappa shape index (κ1) is 58.8. The zero-order valence-corrected chi connectivity index (χ0v) is 39.2. The fraction of sp³-hybridized carbons (Fsp3) is 0.718. The normalized spacial score (nSPS) is 17.0. The molecule has 14 N–H and O–H groups in total. The summed E-state index contributed by atoms with van der Waals surface area (Å²) in [5.41, 5.74) is 5.57. The number of rotatable bonds is 31. The van der Waals surface area contributed by atoms with Gasteiger partial charge in [0.25, 0.3) is 0 Å². The molecular weight excluding hydrogens is 915 g/mol. The molecule has 0 saturated carbocycles. The summed E-state index contributed by atoms with van der Waals surface area (Å²) in [6.07, 6.45) is 1.97. The number of aliphatic hydroxyl groups excluding tert-OH is 2. The van der Waals surface area contributed by atoms with Crippen LogP contribution in [0.2, 0.25) is 0 Å². The van der Waals surface area contributed by atoms with Crippen LogP contribution in [0.15, 0.2) is 0 Å². The van der Waals surface area contributed by atoms with Gasteiger partial charge in [-0.3, -0.25) is 47.9 Å². The van der Waals surface area contributed by atoms with Crippen LogP contribution >= 0.6 is 23.5 Å². The molecule has 374 valence electrons. The van der Waals surface area contributed by atoms with Gasteiger partial charge < -0.3 is 73.4 Å². The Kier molecular flexibility index (Phi) is 26.8. The lowest BCUT2D eigenvalue weighted by atomic mass is 10.0. The van der Waals surface area contributed by atoms with Crippen LogP contribution in [-0.4, -0.2) is 194 Å². The number of aliphatic hydroxyl groups is 2. The Labute approximate surface area is 390 Å². The van der Waals surface area contributed by atoms with Crippen molar-refractivity contribution in [1.29, 1.82) is 0 Å². The van der Waals surface area contributed by atoms with Gasteiger partial charge in [0.2, 0.25) is 47.3 Å². The third-order valence-electron chi connectivity index (χ3n) is 10.0. The van der Waals surface area contributed by atoms with Gasteiger partial charge in [0, 0.05) is 13.0 Å². The van der Waals surface area contributed by atoms with E-state index in [2.05, 4.69) is 37.2 Å². The van der Waals surface area contributed by atoms with Gasteiger partial charge in [0.1, 0.15) is 54.4 Å². The molecule has 1 saturated heterocycles. The molecule has 1 aliphatic rings. The fourth-order valence-electron chi connectivity index (χ4n) is 6.43. The van der Waals surface area contributed by atoms with Crippen molar-refractivity contribution in [2.45, 2.75) is 127 Å². The van der Waals surface area contributed by atoms with E-state index in [9.17, 15) is 78.3 Å². The largest absolute Gasteiger partial charge is 0.481 e. The topological polar surface area (TPSA) is 402 Å². The van der Waals surface area contributed by atoms with Crippen LogP contribution in [0, 0.1) is 5.92 Å². The summed E-state index contributed by atoms with van der Waals surface area (Å²) in [6, 6.07) is -13.0. The number of carbonyl (C=O) groups is 11. The summed E-state index contributed by atoms with van der Waals surface area (Å²) in [5, 5.41) is 64.2. The van der Waals surface area contributed by atoms with Crippen LogP contribution in [0.1, 0.15) is 72.1 Å². The quantitative estimate of drug-likeness (QED) is 0.0312. The van der Waals surface area contributed by atoms with Crippen molar-refractivity contribution in [3.8, 4) is 0 Å².